The highest BCUT2D eigenvalue weighted by molar-refractivity contribution is 6.00. The molecular formula is C18H20O3. The van der Waals surface area contributed by atoms with Gasteiger partial charge in [0.25, 0.3) is 0 Å². The van der Waals surface area contributed by atoms with Gasteiger partial charge in [-0.3, -0.25) is 4.79 Å². The molecule has 0 aliphatic carbocycles. The second-order valence-electron chi connectivity index (χ2n) is 4.68. The van der Waals surface area contributed by atoms with Gasteiger partial charge in [-0.1, -0.05) is 60.7 Å². The highest BCUT2D eigenvalue weighted by Crippen LogP contribution is 2.24. The number of ketones is 1. The Morgan fingerprint density at radius 3 is 2.14 bits per heavy atom. The van der Waals surface area contributed by atoms with Crippen molar-refractivity contribution in [1.82, 2.24) is 0 Å². The van der Waals surface area contributed by atoms with E-state index in [4.69, 9.17) is 9.47 Å². The summed E-state index contributed by atoms with van der Waals surface area (Å²) in [4.78, 5) is 12.7. The van der Waals surface area contributed by atoms with Crippen LogP contribution in [-0.4, -0.2) is 18.7 Å². The lowest BCUT2D eigenvalue weighted by Crippen LogP contribution is -2.23. The number of hydrogen-bond donors (Lipinski definition) is 0. The molecule has 0 heterocycles. The zero-order valence-electron chi connectivity index (χ0n) is 12.4. The molecule has 2 rings (SSSR count). The first-order valence-electron chi connectivity index (χ1n) is 7.13. The van der Waals surface area contributed by atoms with Crippen LogP contribution in [-0.2, 0) is 9.47 Å². The number of hydrogen-bond acceptors (Lipinski definition) is 3. The number of carbonyl (C=O) groups is 1. The van der Waals surface area contributed by atoms with E-state index in [0.29, 0.717) is 12.2 Å². The van der Waals surface area contributed by atoms with Crippen LogP contribution in [0.15, 0.2) is 60.7 Å². The van der Waals surface area contributed by atoms with Crippen molar-refractivity contribution in [1.29, 1.82) is 0 Å². The van der Waals surface area contributed by atoms with E-state index in [-0.39, 0.29) is 5.78 Å². The van der Waals surface area contributed by atoms with Crippen molar-refractivity contribution >= 4 is 5.78 Å². The van der Waals surface area contributed by atoms with Gasteiger partial charge in [0, 0.05) is 12.2 Å². The average molecular weight is 284 g/mol. The highest BCUT2D eigenvalue weighted by atomic mass is 16.7. The molecule has 0 spiro atoms. The molecule has 0 aromatic heterocycles. The van der Waals surface area contributed by atoms with Crippen LogP contribution in [0.1, 0.15) is 35.9 Å². The standard InChI is InChI=1S/C18H20O3/c1-3-20-14(2)21-18(16-12-8-5-9-13-16)17(19)15-10-6-4-7-11-15/h4-14,18H,3H2,1-2H3. The molecule has 2 atom stereocenters. The normalized spacial score (nSPS) is 13.6. The Kier molecular flexibility index (Phi) is 5.67. The van der Waals surface area contributed by atoms with Gasteiger partial charge in [0.15, 0.2) is 12.1 Å². The predicted octanol–water partition coefficient (Wildman–Crippen LogP) is 4.01. The number of ether oxygens (including phenoxy) is 2. The summed E-state index contributed by atoms with van der Waals surface area (Å²) in [6, 6.07) is 18.7. The number of Topliss-reactive ketones (excluding diaryl/α,β-unsaturated/α-hetero) is 1. The van der Waals surface area contributed by atoms with Gasteiger partial charge in [-0.25, -0.2) is 0 Å². The molecule has 0 radical (unpaired) electrons. The van der Waals surface area contributed by atoms with Crippen LogP contribution in [0, 0.1) is 0 Å². The largest absolute Gasteiger partial charge is 0.353 e. The Hall–Kier alpha value is -1.97. The Labute approximate surface area is 125 Å². The topological polar surface area (TPSA) is 35.5 Å². The van der Waals surface area contributed by atoms with E-state index in [0.717, 1.165) is 5.56 Å². The quantitative estimate of drug-likeness (QED) is 0.569. The minimum atomic E-state index is -0.657. The van der Waals surface area contributed by atoms with Crippen LogP contribution in [0.25, 0.3) is 0 Å². The summed E-state index contributed by atoms with van der Waals surface area (Å²) < 4.78 is 11.2. The lowest BCUT2D eigenvalue weighted by Gasteiger charge is -2.22. The fourth-order valence-electron chi connectivity index (χ4n) is 2.14. The molecule has 2 aromatic rings. The maximum absolute atomic E-state index is 12.7. The molecule has 0 aliphatic rings. The second-order valence-corrected chi connectivity index (χ2v) is 4.68. The summed E-state index contributed by atoms with van der Waals surface area (Å²) in [5.41, 5.74) is 1.47. The fourth-order valence-corrected chi connectivity index (χ4v) is 2.14. The van der Waals surface area contributed by atoms with Crippen molar-refractivity contribution in [2.24, 2.45) is 0 Å². The van der Waals surface area contributed by atoms with Gasteiger partial charge in [-0.05, 0) is 19.4 Å². The molecule has 0 amide bonds. The fraction of sp³-hybridized carbons (Fsp3) is 0.278. The third-order valence-corrected chi connectivity index (χ3v) is 3.13. The summed E-state index contributed by atoms with van der Waals surface area (Å²) in [6.07, 6.45) is -1.09. The minimum absolute atomic E-state index is 0.0617. The Balaban J connectivity index is 2.25. The predicted molar refractivity (Wildman–Crippen MR) is 82.1 cm³/mol. The summed E-state index contributed by atoms with van der Waals surface area (Å²) in [5.74, 6) is -0.0617. The number of rotatable bonds is 7. The van der Waals surface area contributed by atoms with E-state index in [1.807, 2.05) is 55.5 Å². The van der Waals surface area contributed by atoms with Gasteiger partial charge >= 0.3 is 0 Å². The molecule has 3 nitrogen and oxygen atoms in total. The molecule has 0 saturated carbocycles. The number of benzene rings is 2. The maximum Gasteiger partial charge on any atom is 0.196 e. The van der Waals surface area contributed by atoms with Gasteiger partial charge in [0.2, 0.25) is 0 Å². The Morgan fingerprint density at radius 1 is 1.00 bits per heavy atom. The van der Waals surface area contributed by atoms with Gasteiger partial charge in [-0.2, -0.15) is 0 Å². The molecule has 21 heavy (non-hydrogen) atoms. The van der Waals surface area contributed by atoms with Gasteiger partial charge in [-0.15, -0.1) is 0 Å². The molecule has 3 heteroatoms. The highest BCUT2D eigenvalue weighted by Gasteiger charge is 2.24. The Bertz CT molecular complexity index is 551. The van der Waals surface area contributed by atoms with Crippen molar-refractivity contribution in [2.45, 2.75) is 26.2 Å². The van der Waals surface area contributed by atoms with E-state index in [1.54, 1.807) is 19.1 Å². The summed E-state index contributed by atoms with van der Waals surface area (Å²) >= 11 is 0. The summed E-state index contributed by atoms with van der Waals surface area (Å²) in [5, 5.41) is 0. The first kappa shape index (κ1) is 15.4. The van der Waals surface area contributed by atoms with E-state index in [9.17, 15) is 4.79 Å². The van der Waals surface area contributed by atoms with Crippen molar-refractivity contribution in [2.75, 3.05) is 6.61 Å². The van der Waals surface area contributed by atoms with Crippen molar-refractivity contribution in [3.8, 4) is 0 Å². The van der Waals surface area contributed by atoms with E-state index in [1.165, 1.54) is 0 Å². The van der Waals surface area contributed by atoms with Crippen LogP contribution in [0.2, 0.25) is 0 Å². The smallest absolute Gasteiger partial charge is 0.196 e. The van der Waals surface area contributed by atoms with Gasteiger partial charge < -0.3 is 9.47 Å². The van der Waals surface area contributed by atoms with E-state index in [2.05, 4.69) is 0 Å². The van der Waals surface area contributed by atoms with E-state index >= 15 is 0 Å². The lowest BCUT2D eigenvalue weighted by molar-refractivity contribution is -0.147. The van der Waals surface area contributed by atoms with Crippen LogP contribution >= 0.6 is 0 Å². The first-order chi connectivity index (χ1) is 10.2. The molecule has 2 aromatic carbocycles. The van der Waals surface area contributed by atoms with E-state index < -0.39 is 12.4 Å². The molecule has 0 saturated heterocycles. The molecule has 0 N–H and O–H groups in total. The van der Waals surface area contributed by atoms with Crippen molar-refractivity contribution in [3.05, 3.63) is 71.8 Å². The minimum Gasteiger partial charge on any atom is -0.353 e. The van der Waals surface area contributed by atoms with Crippen molar-refractivity contribution < 1.29 is 14.3 Å². The summed E-state index contributed by atoms with van der Waals surface area (Å²) in [7, 11) is 0. The maximum atomic E-state index is 12.7. The zero-order valence-corrected chi connectivity index (χ0v) is 12.4. The van der Waals surface area contributed by atoms with Crippen LogP contribution in [0.4, 0.5) is 0 Å². The van der Waals surface area contributed by atoms with Crippen molar-refractivity contribution in [3.63, 3.8) is 0 Å². The Morgan fingerprint density at radius 2 is 1.57 bits per heavy atom. The summed E-state index contributed by atoms with van der Waals surface area (Å²) in [6.45, 7) is 4.25. The lowest BCUT2D eigenvalue weighted by atomic mass is 10.00. The van der Waals surface area contributed by atoms with Crippen LogP contribution < -0.4 is 0 Å². The third-order valence-electron chi connectivity index (χ3n) is 3.13. The third kappa shape index (κ3) is 4.25. The first-order valence-corrected chi connectivity index (χ1v) is 7.13. The van der Waals surface area contributed by atoms with Gasteiger partial charge in [0.05, 0.1) is 0 Å². The monoisotopic (exact) mass is 284 g/mol. The SMILES string of the molecule is CCOC(C)OC(C(=O)c1ccccc1)c1ccccc1. The molecule has 0 fully saturated rings. The molecule has 2 unspecified atom stereocenters. The van der Waals surface area contributed by atoms with Gasteiger partial charge in [0.1, 0.15) is 6.10 Å². The van der Waals surface area contributed by atoms with Crippen LogP contribution in [0.3, 0.4) is 0 Å². The average Bonchev–Trinajstić information content (AvgIpc) is 2.54. The number of carbonyl (C=O) groups excluding carboxylic acids is 1. The van der Waals surface area contributed by atoms with Crippen LogP contribution in [0.5, 0.6) is 0 Å². The molecular weight excluding hydrogens is 264 g/mol. The zero-order chi connectivity index (χ0) is 15.1. The molecule has 110 valence electrons. The molecule has 0 bridgehead atoms. The molecule has 0 aliphatic heterocycles. The second kappa shape index (κ2) is 7.72.